The number of aromatic carboxylic acids is 1. The summed E-state index contributed by atoms with van der Waals surface area (Å²) in [5, 5.41) is 19.3. The van der Waals surface area contributed by atoms with Crippen molar-refractivity contribution in [2.75, 3.05) is 13.2 Å². The van der Waals surface area contributed by atoms with Gasteiger partial charge in [0.05, 0.1) is 11.2 Å². The van der Waals surface area contributed by atoms with E-state index in [-0.39, 0.29) is 5.56 Å². The van der Waals surface area contributed by atoms with Gasteiger partial charge in [-0.05, 0) is 17.7 Å². The molecule has 1 aromatic rings. The smallest absolute Gasteiger partial charge is 0.335 e. The second-order valence-electron chi connectivity index (χ2n) is 4.03. The lowest BCUT2D eigenvalue weighted by Crippen LogP contribution is -2.33. The molecule has 0 spiro atoms. The largest absolute Gasteiger partial charge is 0.478 e. The molecule has 0 unspecified atom stereocenters. The Hall–Kier alpha value is -1.39. The number of hydrogen-bond donors (Lipinski definition) is 2. The Labute approximate surface area is 93.5 Å². The zero-order chi connectivity index (χ0) is 11.6. The predicted molar refractivity (Wildman–Crippen MR) is 57.4 cm³/mol. The van der Waals surface area contributed by atoms with Crippen LogP contribution in [0.3, 0.4) is 0 Å². The molecule has 1 aromatic carbocycles. The lowest BCUT2D eigenvalue weighted by atomic mass is 9.86. The van der Waals surface area contributed by atoms with Crippen LogP contribution in [0.1, 0.15) is 28.8 Å². The molecule has 0 saturated carbocycles. The van der Waals surface area contributed by atoms with E-state index in [9.17, 15) is 9.90 Å². The van der Waals surface area contributed by atoms with E-state index >= 15 is 0 Å². The molecule has 1 heterocycles. The van der Waals surface area contributed by atoms with Crippen molar-refractivity contribution in [1.29, 1.82) is 0 Å². The van der Waals surface area contributed by atoms with Crippen LogP contribution in [0.5, 0.6) is 0 Å². The molecule has 0 amide bonds. The van der Waals surface area contributed by atoms with Crippen LogP contribution >= 0.6 is 0 Å². The summed E-state index contributed by atoms with van der Waals surface area (Å²) in [7, 11) is 0. The third kappa shape index (κ3) is 2.08. The number of ether oxygens (including phenoxy) is 1. The molecule has 1 saturated heterocycles. The van der Waals surface area contributed by atoms with Gasteiger partial charge < -0.3 is 14.9 Å². The monoisotopic (exact) mass is 222 g/mol. The molecule has 4 heteroatoms. The first-order valence-electron chi connectivity index (χ1n) is 5.26. The Balaban J connectivity index is 2.31. The fourth-order valence-electron chi connectivity index (χ4n) is 1.94. The van der Waals surface area contributed by atoms with Crippen molar-refractivity contribution in [2.45, 2.75) is 18.4 Å². The van der Waals surface area contributed by atoms with E-state index in [4.69, 9.17) is 9.84 Å². The molecule has 0 atom stereocenters. The molecule has 4 nitrogen and oxygen atoms in total. The van der Waals surface area contributed by atoms with Gasteiger partial charge in [0.15, 0.2) is 0 Å². The van der Waals surface area contributed by atoms with E-state index in [1.165, 1.54) is 12.1 Å². The fraction of sp³-hybridized carbons (Fsp3) is 0.417. The standard InChI is InChI=1S/C12H14O4/c13-11(14)9-2-1-3-10(8-9)12(15)4-6-16-7-5-12/h1-3,8,15H,4-7H2,(H,13,14). The summed E-state index contributed by atoms with van der Waals surface area (Å²) in [5.41, 5.74) is -0.0721. The van der Waals surface area contributed by atoms with Gasteiger partial charge in [-0.3, -0.25) is 0 Å². The first-order chi connectivity index (χ1) is 7.62. The third-order valence-electron chi connectivity index (χ3n) is 2.97. The second kappa shape index (κ2) is 4.23. The predicted octanol–water partition coefficient (Wildman–Crippen LogP) is 1.38. The Kier molecular flexibility index (Phi) is 2.94. The van der Waals surface area contributed by atoms with Crippen LogP contribution < -0.4 is 0 Å². The van der Waals surface area contributed by atoms with Crippen molar-refractivity contribution in [3.05, 3.63) is 35.4 Å². The summed E-state index contributed by atoms with van der Waals surface area (Å²) in [4.78, 5) is 10.8. The van der Waals surface area contributed by atoms with E-state index < -0.39 is 11.6 Å². The van der Waals surface area contributed by atoms with Crippen LogP contribution in [0.25, 0.3) is 0 Å². The van der Waals surface area contributed by atoms with Crippen molar-refractivity contribution in [1.82, 2.24) is 0 Å². The molecule has 2 rings (SSSR count). The number of hydrogen-bond acceptors (Lipinski definition) is 3. The van der Waals surface area contributed by atoms with Gasteiger partial charge in [0.1, 0.15) is 0 Å². The minimum Gasteiger partial charge on any atom is -0.478 e. The topological polar surface area (TPSA) is 66.8 Å². The Morgan fingerprint density at radius 2 is 2.00 bits per heavy atom. The molecule has 2 N–H and O–H groups in total. The highest BCUT2D eigenvalue weighted by Crippen LogP contribution is 2.32. The average molecular weight is 222 g/mol. The quantitative estimate of drug-likeness (QED) is 0.793. The van der Waals surface area contributed by atoms with Crippen molar-refractivity contribution >= 4 is 5.97 Å². The van der Waals surface area contributed by atoms with Crippen molar-refractivity contribution in [3.63, 3.8) is 0 Å². The minimum atomic E-state index is -0.975. The van der Waals surface area contributed by atoms with Crippen LogP contribution in [-0.2, 0) is 10.3 Å². The molecule has 1 aliphatic heterocycles. The summed E-state index contributed by atoms with van der Waals surface area (Å²) in [6.07, 6.45) is 1.02. The van der Waals surface area contributed by atoms with E-state index in [1.807, 2.05) is 0 Å². The van der Waals surface area contributed by atoms with Crippen molar-refractivity contribution < 1.29 is 19.7 Å². The maximum absolute atomic E-state index is 10.8. The van der Waals surface area contributed by atoms with Gasteiger partial charge in [0.25, 0.3) is 0 Å². The molecule has 0 aromatic heterocycles. The van der Waals surface area contributed by atoms with E-state index in [2.05, 4.69) is 0 Å². The summed E-state index contributed by atoms with van der Waals surface area (Å²) < 4.78 is 5.19. The summed E-state index contributed by atoms with van der Waals surface area (Å²) in [6, 6.07) is 6.48. The number of carbonyl (C=O) groups is 1. The Morgan fingerprint density at radius 3 is 2.62 bits per heavy atom. The summed E-state index contributed by atoms with van der Waals surface area (Å²) >= 11 is 0. The molecule has 86 valence electrons. The summed E-state index contributed by atoms with van der Waals surface area (Å²) in [5.74, 6) is -0.975. The number of carboxylic acid groups (broad SMARTS) is 1. The van der Waals surface area contributed by atoms with Crippen LogP contribution in [0, 0.1) is 0 Å². The maximum atomic E-state index is 10.8. The highest BCUT2D eigenvalue weighted by molar-refractivity contribution is 5.87. The number of aliphatic hydroxyl groups is 1. The Morgan fingerprint density at radius 1 is 1.31 bits per heavy atom. The summed E-state index contributed by atoms with van der Waals surface area (Å²) in [6.45, 7) is 1.02. The van der Waals surface area contributed by atoms with Crippen LogP contribution in [0.15, 0.2) is 24.3 Å². The SMILES string of the molecule is O=C(O)c1cccc(C2(O)CCOCC2)c1. The van der Waals surface area contributed by atoms with Gasteiger partial charge in [0.2, 0.25) is 0 Å². The highest BCUT2D eigenvalue weighted by Gasteiger charge is 2.32. The van der Waals surface area contributed by atoms with E-state index in [0.717, 1.165) is 0 Å². The molecular weight excluding hydrogens is 208 g/mol. The lowest BCUT2D eigenvalue weighted by Gasteiger charge is -2.32. The molecule has 1 aliphatic rings. The van der Waals surface area contributed by atoms with Gasteiger partial charge in [-0.15, -0.1) is 0 Å². The first-order valence-corrected chi connectivity index (χ1v) is 5.26. The van der Waals surface area contributed by atoms with E-state index in [1.54, 1.807) is 12.1 Å². The van der Waals surface area contributed by atoms with Gasteiger partial charge >= 0.3 is 5.97 Å². The average Bonchev–Trinajstić information content (AvgIpc) is 2.30. The maximum Gasteiger partial charge on any atom is 0.335 e. The zero-order valence-corrected chi connectivity index (χ0v) is 8.85. The van der Waals surface area contributed by atoms with E-state index in [0.29, 0.717) is 31.6 Å². The highest BCUT2D eigenvalue weighted by atomic mass is 16.5. The second-order valence-corrected chi connectivity index (χ2v) is 4.03. The third-order valence-corrected chi connectivity index (χ3v) is 2.97. The van der Waals surface area contributed by atoms with Gasteiger partial charge in [-0.25, -0.2) is 4.79 Å². The lowest BCUT2D eigenvalue weighted by molar-refractivity contribution is -0.0679. The Bertz CT molecular complexity index is 394. The number of carboxylic acids is 1. The molecular formula is C12H14O4. The fourth-order valence-corrected chi connectivity index (χ4v) is 1.94. The molecule has 0 aliphatic carbocycles. The zero-order valence-electron chi connectivity index (χ0n) is 8.85. The number of rotatable bonds is 2. The van der Waals surface area contributed by atoms with Crippen molar-refractivity contribution in [2.24, 2.45) is 0 Å². The molecule has 0 bridgehead atoms. The van der Waals surface area contributed by atoms with Gasteiger partial charge in [-0.2, -0.15) is 0 Å². The molecule has 0 radical (unpaired) electrons. The van der Waals surface area contributed by atoms with Gasteiger partial charge in [-0.1, -0.05) is 12.1 Å². The van der Waals surface area contributed by atoms with Crippen molar-refractivity contribution in [3.8, 4) is 0 Å². The molecule has 1 fully saturated rings. The number of benzene rings is 1. The normalized spacial score (nSPS) is 19.3. The molecule has 16 heavy (non-hydrogen) atoms. The van der Waals surface area contributed by atoms with Gasteiger partial charge in [0, 0.05) is 26.1 Å². The van der Waals surface area contributed by atoms with Crippen LogP contribution in [0.4, 0.5) is 0 Å². The minimum absolute atomic E-state index is 0.206. The van der Waals surface area contributed by atoms with Crippen LogP contribution in [-0.4, -0.2) is 29.4 Å². The first kappa shape index (κ1) is 11.1. The van der Waals surface area contributed by atoms with Crippen LogP contribution in [0.2, 0.25) is 0 Å².